The minimum Gasteiger partial charge on any atom is -0.497 e. The molecule has 0 unspecified atom stereocenters. The number of methoxy groups -OCH3 is 2. The van der Waals surface area contributed by atoms with Crippen LogP contribution in [0.1, 0.15) is 35.2 Å². The highest BCUT2D eigenvalue weighted by atomic mass is 32.1. The molecule has 0 saturated heterocycles. The lowest BCUT2D eigenvalue weighted by Crippen LogP contribution is -2.40. The minimum atomic E-state index is -0.815. The van der Waals surface area contributed by atoms with Crippen molar-refractivity contribution >= 4 is 29.0 Å². The lowest BCUT2D eigenvalue weighted by molar-refractivity contribution is -0.113. The van der Waals surface area contributed by atoms with E-state index in [1.54, 1.807) is 55.0 Å². The average Bonchev–Trinajstić information content (AvgIpc) is 3.40. The third kappa shape index (κ3) is 6.43. The zero-order chi connectivity index (χ0) is 32.9. The van der Waals surface area contributed by atoms with Gasteiger partial charge in [-0.3, -0.25) is 14.2 Å². The zero-order valence-electron chi connectivity index (χ0n) is 25.9. The second-order valence-electron chi connectivity index (χ2n) is 10.6. The molecule has 0 radical (unpaired) electrons. The van der Waals surface area contributed by atoms with Crippen molar-refractivity contribution in [1.82, 2.24) is 4.57 Å². The van der Waals surface area contributed by atoms with Crippen molar-refractivity contribution in [3.05, 3.63) is 150 Å². The van der Waals surface area contributed by atoms with E-state index < -0.39 is 6.04 Å². The molecule has 0 aliphatic carbocycles. The highest BCUT2D eigenvalue weighted by Gasteiger charge is 2.34. The van der Waals surface area contributed by atoms with Crippen LogP contribution in [0.25, 0.3) is 6.08 Å². The van der Waals surface area contributed by atoms with Crippen LogP contribution in [0.4, 0.5) is 5.69 Å². The lowest BCUT2D eigenvalue weighted by atomic mass is 9.94. The van der Waals surface area contributed by atoms with E-state index in [2.05, 4.69) is 11.4 Å². The van der Waals surface area contributed by atoms with Crippen LogP contribution in [-0.2, 0) is 11.4 Å². The fourth-order valence-electron chi connectivity index (χ4n) is 5.40. The number of thiazole rings is 1. The number of nitriles is 1. The quantitative estimate of drug-likeness (QED) is 0.232. The Kier molecular flexibility index (Phi) is 9.00. The van der Waals surface area contributed by atoms with Gasteiger partial charge < -0.3 is 19.5 Å². The van der Waals surface area contributed by atoms with Crippen molar-refractivity contribution < 1.29 is 19.0 Å². The number of amides is 1. The summed E-state index contributed by atoms with van der Waals surface area (Å²) in [6, 6.07) is 30.5. The van der Waals surface area contributed by atoms with E-state index in [0.717, 1.165) is 11.1 Å². The number of aromatic nitrogens is 1. The Bertz CT molecular complexity index is 2210. The van der Waals surface area contributed by atoms with E-state index in [4.69, 9.17) is 19.2 Å². The molecular weight excluding hydrogens is 612 g/mol. The zero-order valence-corrected chi connectivity index (χ0v) is 26.7. The predicted molar refractivity (Wildman–Crippen MR) is 180 cm³/mol. The molecule has 0 fully saturated rings. The van der Waals surface area contributed by atoms with E-state index in [-0.39, 0.29) is 18.1 Å². The Labute approximate surface area is 274 Å². The van der Waals surface area contributed by atoms with Gasteiger partial charge in [0.2, 0.25) is 0 Å². The molecule has 47 heavy (non-hydrogen) atoms. The number of benzene rings is 4. The first-order valence-corrected chi connectivity index (χ1v) is 15.5. The number of anilines is 1. The Hall–Kier alpha value is -5.92. The van der Waals surface area contributed by atoms with Crippen molar-refractivity contribution in [3.8, 4) is 23.3 Å². The number of para-hydroxylation sites is 1. The van der Waals surface area contributed by atoms with Gasteiger partial charge in [-0.1, -0.05) is 59.9 Å². The van der Waals surface area contributed by atoms with Gasteiger partial charge in [0.15, 0.2) is 4.80 Å². The number of nitrogens with one attached hydrogen (secondary N) is 1. The fourth-order valence-corrected chi connectivity index (χ4v) is 6.44. The number of rotatable bonds is 9. The summed E-state index contributed by atoms with van der Waals surface area (Å²) in [4.78, 5) is 33.2. The SMILES string of the molecule is COc1ccc([C@H]2C(C(=O)Nc3ccccc3)=C(C)N=c3s/c(=C\c4ccc(OCc5ccccc5C#N)cc4)c(=O)n32)c(OC)c1. The van der Waals surface area contributed by atoms with E-state index in [0.29, 0.717) is 54.7 Å². The van der Waals surface area contributed by atoms with Gasteiger partial charge >= 0.3 is 0 Å². The number of carbonyl (C=O) groups excluding carboxylic acids is 1. The summed E-state index contributed by atoms with van der Waals surface area (Å²) in [7, 11) is 3.10. The molecule has 1 aromatic heterocycles. The van der Waals surface area contributed by atoms with E-state index in [1.165, 1.54) is 18.4 Å². The van der Waals surface area contributed by atoms with Crippen molar-refractivity contribution in [3.63, 3.8) is 0 Å². The van der Waals surface area contributed by atoms with Crippen molar-refractivity contribution in [2.45, 2.75) is 19.6 Å². The number of hydrogen-bond donors (Lipinski definition) is 1. The van der Waals surface area contributed by atoms with Gasteiger partial charge in [-0.15, -0.1) is 0 Å². The molecule has 6 rings (SSSR count). The normalized spacial score (nSPS) is 14.1. The molecule has 1 amide bonds. The second-order valence-corrected chi connectivity index (χ2v) is 11.6. The molecule has 1 aliphatic heterocycles. The smallest absolute Gasteiger partial charge is 0.271 e. The van der Waals surface area contributed by atoms with Gasteiger partial charge in [0, 0.05) is 22.9 Å². The largest absolute Gasteiger partial charge is 0.497 e. The summed E-state index contributed by atoms with van der Waals surface area (Å²) in [5.41, 5.74) is 3.94. The maximum absolute atomic E-state index is 14.2. The van der Waals surface area contributed by atoms with Crippen molar-refractivity contribution in [2.24, 2.45) is 4.99 Å². The Balaban J connectivity index is 1.38. The van der Waals surface area contributed by atoms with Crippen LogP contribution in [0, 0.1) is 11.3 Å². The van der Waals surface area contributed by atoms with Gasteiger partial charge in [0.25, 0.3) is 11.5 Å². The Morgan fingerprint density at radius 1 is 0.979 bits per heavy atom. The van der Waals surface area contributed by atoms with Crippen molar-refractivity contribution in [1.29, 1.82) is 5.26 Å². The molecule has 2 heterocycles. The van der Waals surface area contributed by atoms with Gasteiger partial charge in [0.1, 0.15) is 29.9 Å². The summed E-state index contributed by atoms with van der Waals surface area (Å²) in [6.45, 7) is 2.03. The Morgan fingerprint density at radius 2 is 1.70 bits per heavy atom. The number of nitrogens with zero attached hydrogens (tertiary/aromatic N) is 3. The molecule has 1 N–H and O–H groups in total. The van der Waals surface area contributed by atoms with Crippen LogP contribution >= 0.6 is 11.3 Å². The molecule has 234 valence electrons. The number of ether oxygens (including phenoxy) is 3. The van der Waals surface area contributed by atoms with Gasteiger partial charge in [-0.25, -0.2) is 4.99 Å². The highest BCUT2D eigenvalue weighted by Crippen LogP contribution is 2.37. The highest BCUT2D eigenvalue weighted by molar-refractivity contribution is 7.07. The van der Waals surface area contributed by atoms with Gasteiger partial charge in [-0.05, 0) is 61.0 Å². The summed E-state index contributed by atoms with van der Waals surface area (Å²) >= 11 is 1.25. The first kappa shape index (κ1) is 31.1. The summed E-state index contributed by atoms with van der Waals surface area (Å²) in [5, 5.41) is 12.3. The standard InChI is InChI=1S/C37H30N4O5S/c1-23-33(35(42)40-27-11-5-4-6-12-27)34(30-18-17-29(44-2)20-31(30)45-3)41-36(43)32(47-37(41)39-23)19-24-13-15-28(16-14-24)46-22-26-10-8-7-9-25(26)21-38/h4-20,34H,22H2,1-3H3,(H,40,42)/b32-19-/t34-/m0/s1. The maximum Gasteiger partial charge on any atom is 0.271 e. The lowest BCUT2D eigenvalue weighted by Gasteiger charge is -2.26. The molecule has 1 aliphatic rings. The molecule has 0 bridgehead atoms. The predicted octanol–water partition coefficient (Wildman–Crippen LogP) is 5.34. The molecular formula is C37H30N4O5S. The summed E-state index contributed by atoms with van der Waals surface area (Å²) in [5.74, 6) is 1.31. The monoisotopic (exact) mass is 642 g/mol. The number of hydrogen-bond acceptors (Lipinski definition) is 8. The molecule has 0 saturated carbocycles. The average molecular weight is 643 g/mol. The molecule has 5 aromatic rings. The number of carbonyl (C=O) groups is 1. The minimum absolute atomic E-state index is 0.260. The third-order valence-corrected chi connectivity index (χ3v) is 8.73. The first-order chi connectivity index (χ1) is 22.9. The summed E-state index contributed by atoms with van der Waals surface area (Å²) < 4.78 is 19.1. The molecule has 9 nitrogen and oxygen atoms in total. The van der Waals surface area contributed by atoms with Gasteiger partial charge in [0.05, 0.1) is 41.7 Å². The molecule has 0 spiro atoms. The molecule has 10 heteroatoms. The first-order valence-electron chi connectivity index (χ1n) is 14.7. The van der Waals surface area contributed by atoms with Crippen LogP contribution in [0.5, 0.6) is 17.2 Å². The van der Waals surface area contributed by atoms with E-state index in [9.17, 15) is 14.9 Å². The Morgan fingerprint density at radius 3 is 2.43 bits per heavy atom. The van der Waals surface area contributed by atoms with Crippen LogP contribution in [0.3, 0.4) is 0 Å². The van der Waals surface area contributed by atoms with Gasteiger partial charge in [-0.2, -0.15) is 5.26 Å². The number of fused-ring (bicyclic) bond motifs is 1. The molecule has 4 aromatic carbocycles. The van der Waals surface area contributed by atoms with Crippen LogP contribution in [-0.4, -0.2) is 24.7 Å². The maximum atomic E-state index is 14.2. The van der Waals surface area contributed by atoms with Crippen LogP contribution in [0.2, 0.25) is 0 Å². The third-order valence-electron chi connectivity index (χ3n) is 7.74. The molecule has 1 atom stereocenters. The topological polar surface area (TPSA) is 115 Å². The fraction of sp³-hybridized carbons (Fsp3) is 0.135. The van der Waals surface area contributed by atoms with Crippen LogP contribution in [0.15, 0.2) is 118 Å². The van der Waals surface area contributed by atoms with E-state index in [1.807, 2.05) is 66.7 Å². The second kappa shape index (κ2) is 13.6. The number of allylic oxidation sites excluding steroid dienone is 1. The van der Waals surface area contributed by atoms with E-state index >= 15 is 0 Å². The van der Waals surface area contributed by atoms with Crippen LogP contribution < -0.4 is 34.4 Å². The van der Waals surface area contributed by atoms with Crippen molar-refractivity contribution in [2.75, 3.05) is 19.5 Å². The summed E-state index contributed by atoms with van der Waals surface area (Å²) in [6.07, 6.45) is 1.80.